The maximum absolute atomic E-state index is 12.2. The van der Waals surface area contributed by atoms with Gasteiger partial charge in [0.05, 0.1) is 14.2 Å². The highest BCUT2D eigenvalue weighted by Crippen LogP contribution is 2.33. The largest absolute Gasteiger partial charge is 0.514 e. The van der Waals surface area contributed by atoms with E-state index in [1.54, 1.807) is 53.7 Å². The molecule has 1 rings (SSSR count). The number of ether oxygens (including phenoxy) is 5. The molecule has 0 bridgehead atoms. The summed E-state index contributed by atoms with van der Waals surface area (Å²) in [5, 5.41) is 2.52. The molecular formula is C21H30INO8. The Kier molecular flexibility index (Phi) is 9.40. The van der Waals surface area contributed by atoms with Gasteiger partial charge < -0.3 is 29.0 Å². The smallest absolute Gasteiger partial charge is 0.493 e. The molecule has 174 valence electrons. The third-order valence-electron chi connectivity index (χ3n) is 3.52. The van der Waals surface area contributed by atoms with Gasteiger partial charge in [0.2, 0.25) is 0 Å². The first-order valence-electron chi connectivity index (χ1n) is 9.49. The summed E-state index contributed by atoms with van der Waals surface area (Å²) in [6, 6.07) is 2.21. The number of hydrogen-bond donors (Lipinski definition) is 1. The van der Waals surface area contributed by atoms with E-state index in [9.17, 15) is 14.4 Å². The second kappa shape index (κ2) is 10.9. The van der Waals surface area contributed by atoms with Gasteiger partial charge in [-0.25, -0.2) is 14.4 Å². The number of carbonyl (C=O) groups is 3. The minimum atomic E-state index is -0.990. The van der Waals surface area contributed by atoms with Crippen LogP contribution in [0.25, 0.3) is 0 Å². The minimum Gasteiger partial charge on any atom is -0.493 e. The molecule has 1 atom stereocenters. The van der Waals surface area contributed by atoms with E-state index in [0.717, 1.165) is 0 Å². The van der Waals surface area contributed by atoms with Crippen LogP contribution >= 0.6 is 22.6 Å². The van der Waals surface area contributed by atoms with Crippen molar-refractivity contribution in [3.63, 3.8) is 0 Å². The zero-order chi connectivity index (χ0) is 24.0. The Morgan fingerprint density at radius 3 is 2.03 bits per heavy atom. The summed E-state index contributed by atoms with van der Waals surface area (Å²) < 4.78 is 26.5. The summed E-state index contributed by atoms with van der Waals surface area (Å²) in [5.74, 6) is -0.198. The van der Waals surface area contributed by atoms with E-state index < -0.39 is 35.5 Å². The lowest BCUT2D eigenvalue weighted by atomic mass is 10.1. The van der Waals surface area contributed by atoms with E-state index in [-0.39, 0.29) is 17.9 Å². The van der Waals surface area contributed by atoms with Gasteiger partial charge in [-0.05, 0) is 81.8 Å². The molecule has 0 saturated carbocycles. The molecule has 0 aliphatic carbocycles. The number of alkyl carbamates (subject to hydrolysis) is 1. The summed E-state index contributed by atoms with van der Waals surface area (Å²) in [6.45, 7) is 10.3. The molecule has 1 N–H and O–H groups in total. The average Bonchev–Trinajstić information content (AvgIpc) is 2.59. The van der Waals surface area contributed by atoms with Gasteiger partial charge in [0, 0.05) is 9.99 Å². The van der Waals surface area contributed by atoms with E-state index in [4.69, 9.17) is 23.7 Å². The number of methoxy groups -OCH3 is 2. The Morgan fingerprint density at radius 1 is 0.968 bits per heavy atom. The second-order valence-electron chi connectivity index (χ2n) is 8.59. The summed E-state index contributed by atoms with van der Waals surface area (Å²) >= 11 is 2.03. The third kappa shape index (κ3) is 9.62. The van der Waals surface area contributed by atoms with Crippen LogP contribution in [0.1, 0.15) is 47.1 Å². The lowest BCUT2D eigenvalue weighted by molar-refractivity contribution is -0.143. The van der Waals surface area contributed by atoms with Crippen LogP contribution in [0.15, 0.2) is 12.1 Å². The average molecular weight is 551 g/mol. The Bertz CT molecular complexity index is 811. The highest BCUT2D eigenvalue weighted by molar-refractivity contribution is 14.1. The number of hydrogen-bond acceptors (Lipinski definition) is 8. The van der Waals surface area contributed by atoms with Gasteiger partial charge in [-0.15, -0.1) is 0 Å². The molecule has 10 heteroatoms. The number of halogens is 1. The van der Waals surface area contributed by atoms with Crippen molar-refractivity contribution in [1.29, 1.82) is 0 Å². The van der Waals surface area contributed by atoms with Gasteiger partial charge in [-0.1, -0.05) is 0 Å². The van der Waals surface area contributed by atoms with Crippen molar-refractivity contribution in [3.05, 3.63) is 21.3 Å². The van der Waals surface area contributed by atoms with Crippen molar-refractivity contribution < 1.29 is 38.1 Å². The van der Waals surface area contributed by atoms with Crippen molar-refractivity contribution in [2.45, 2.75) is 65.2 Å². The predicted molar refractivity (Wildman–Crippen MR) is 121 cm³/mol. The second-order valence-corrected chi connectivity index (χ2v) is 9.75. The highest BCUT2D eigenvalue weighted by Gasteiger charge is 2.27. The number of carbonyl (C=O) groups excluding carboxylic acids is 3. The standard InChI is InChI=1S/C21H30INO8/c1-20(2,3)30-18(25)23-14(17(24)28-8)9-12-10-15(27-7)16(11-13(12)22)29-19(26)31-21(4,5)6/h10-11,14H,9H2,1-8H3,(H,23,25)/t14-/m0/s1. The van der Waals surface area contributed by atoms with Crippen molar-refractivity contribution in [2.75, 3.05) is 14.2 Å². The lowest BCUT2D eigenvalue weighted by Gasteiger charge is -2.23. The highest BCUT2D eigenvalue weighted by atomic mass is 127. The molecule has 0 fully saturated rings. The van der Waals surface area contributed by atoms with Crippen LogP contribution in [-0.4, -0.2) is 49.7 Å². The van der Waals surface area contributed by atoms with Gasteiger partial charge in [0.15, 0.2) is 11.5 Å². The zero-order valence-electron chi connectivity index (χ0n) is 19.1. The van der Waals surface area contributed by atoms with Gasteiger partial charge in [0.25, 0.3) is 0 Å². The van der Waals surface area contributed by atoms with E-state index in [1.165, 1.54) is 14.2 Å². The fourth-order valence-corrected chi connectivity index (χ4v) is 3.00. The number of amides is 1. The molecule has 0 aliphatic rings. The topological polar surface area (TPSA) is 109 Å². The molecule has 0 spiro atoms. The van der Waals surface area contributed by atoms with Crippen molar-refractivity contribution in [2.24, 2.45) is 0 Å². The van der Waals surface area contributed by atoms with Crippen molar-refractivity contribution >= 4 is 40.8 Å². The van der Waals surface area contributed by atoms with E-state index in [0.29, 0.717) is 9.13 Å². The first kappa shape index (κ1) is 26.8. The van der Waals surface area contributed by atoms with Crippen LogP contribution in [0.3, 0.4) is 0 Å². The Labute approximate surface area is 196 Å². The molecular weight excluding hydrogens is 521 g/mol. The molecule has 31 heavy (non-hydrogen) atoms. The van der Waals surface area contributed by atoms with Crippen LogP contribution in [0.4, 0.5) is 9.59 Å². The van der Waals surface area contributed by atoms with Gasteiger partial charge in [-0.2, -0.15) is 0 Å². The van der Waals surface area contributed by atoms with E-state index in [1.807, 2.05) is 22.6 Å². The van der Waals surface area contributed by atoms with Crippen LogP contribution in [-0.2, 0) is 25.4 Å². The molecule has 0 unspecified atom stereocenters. The van der Waals surface area contributed by atoms with Gasteiger partial charge in [-0.3, -0.25) is 0 Å². The first-order chi connectivity index (χ1) is 14.1. The Morgan fingerprint density at radius 2 is 1.55 bits per heavy atom. The monoisotopic (exact) mass is 551 g/mol. The van der Waals surface area contributed by atoms with Gasteiger partial charge >= 0.3 is 18.2 Å². The van der Waals surface area contributed by atoms with Crippen LogP contribution in [0.2, 0.25) is 0 Å². The van der Waals surface area contributed by atoms with Crippen LogP contribution in [0, 0.1) is 3.57 Å². The van der Waals surface area contributed by atoms with E-state index >= 15 is 0 Å². The van der Waals surface area contributed by atoms with Crippen molar-refractivity contribution in [3.8, 4) is 11.5 Å². The molecule has 1 aromatic carbocycles. The van der Waals surface area contributed by atoms with Gasteiger partial charge in [0.1, 0.15) is 17.2 Å². The van der Waals surface area contributed by atoms with Crippen LogP contribution in [0.5, 0.6) is 11.5 Å². The maximum Gasteiger partial charge on any atom is 0.514 e. The summed E-state index contributed by atoms with van der Waals surface area (Å²) in [6.07, 6.45) is -1.50. The summed E-state index contributed by atoms with van der Waals surface area (Å²) in [7, 11) is 2.65. The van der Waals surface area contributed by atoms with Crippen LogP contribution < -0.4 is 14.8 Å². The molecule has 9 nitrogen and oxygen atoms in total. The quantitative estimate of drug-likeness (QED) is 0.242. The summed E-state index contributed by atoms with van der Waals surface area (Å²) in [4.78, 5) is 36.4. The predicted octanol–water partition coefficient (Wildman–Crippen LogP) is 4.22. The normalized spacial score (nSPS) is 12.4. The molecule has 0 aliphatic heterocycles. The summed E-state index contributed by atoms with van der Waals surface area (Å²) in [5.41, 5.74) is -0.762. The van der Waals surface area contributed by atoms with Crippen molar-refractivity contribution in [1.82, 2.24) is 5.32 Å². The first-order valence-corrected chi connectivity index (χ1v) is 10.6. The number of nitrogens with one attached hydrogen (secondary N) is 1. The molecule has 1 amide bonds. The molecule has 0 aromatic heterocycles. The zero-order valence-corrected chi connectivity index (χ0v) is 21.2. The minimum absolute atomic E-state index is 0.104. The maximum atomic E-state index is 12.2. The fraction of sp³-hybridized carbons (Fsp3) is 0.571. The lowest BCUT2D eigenvalue weighted by Crippen LogP contribution is -2.45. The molecule has 0 saturated heterocycles. The fourth-order valence-electron chi connectivity index (χ4n) is 2.34. The Hall–Kier alpha value is -2.24. The SMILES string of the molecule is COC(=O)[C@H](Cc1cc(OC)c(OC(=O)OC(C)(C)C)cc1I)NC(=O)OC(C)(C)C. The van der Waals surface area contributed by atoms with E-state index in [2.05, 4.69) is 5.32 Å². The number of benzene rings is 1. The number of esters is 1. The Balaban J connectivity index is 3.09. The molecule has 0 heterocycles. The molecule has 0 radical (unpaired) electrons. The number of rotatable bonds is 6. The third-order valence-corrected chi connectivity index (χ3v) is 4.52. The molecule has 1 aromatic rings.